The van der Waals surface area contributed by atoms with Gasteiger partial charge in [0.1, 0.15) is 17.2 Å². The van der Waals surface area contributed by atoms with Crippen molar-refractivity contribution in [1.29, 1.82) is 0 Å². The number of fused-ring (bicyclic) bond motifs is 1. The molecule has 0 N–H and O–H groups in total. The summed E-state index contributed by atoms with van der Waals surface area (Å²) in [5.41, 5.74) is 2.03. The average Bonchev–Trinajstić information content (AvgIpc) is 3.03. The van der Waals surface area contributed by atoms with Gasteiger partial charge in [-0.15, -0.1) is 0 Å². The molecule has 0 unspecified atom stereocenters. The van der Waals surface area contributed by atoms with Crippen LogP contribution in [0.3, 0.4) is 0 Å². The molecule has 3 aromatic rings. The number of carbonyl (C=O) groups is 1. The SMILES string of the molecule is CCOC(=O)c1cccc2oc(/C=C\C=C\c3ccc(F)cc3)cc12. The van der Waals surface area contributed by atoms with Gasteiger partial charge < -0.3 is 9.15 Å². The minimum atomic E-state index is -0.361. The van der Waals surface area contributed by atoms with Crippen LogP contribution < -0.4 is 0 Å². The van der Waals surface area contributed by atoms with E-state index in [1.165, 1.54) is 12.1 Å². The lowest BCUT2D eigenvalue weighted by molar-refractivity contribution is 0.0528. The molecule has 0 aliphatic carbocycles. The van der Waals surface area contributed by atoms with Gasteiger partial charge in [0.05, 0.1) is 12.2 Å². The van der Waals surface area contributed by atoms with Crippen molar-refractivity contribution in [1.82, 2.24) is 0 Å². The van der Waals surface area contributed by atoms with Crippen molar-refractivity contribution in [2.45, 2.75) is 6.92 Å². The summed E-state index contributed by atoms with van der Waals surface area (Å²) in [7, 11) is 0. The van der Waals surface area contributed by atoms with Gasteiger partial charge in [-0.3, -0.25) is 0 Å². The number of carbonyl (C=O) groups excluding carboxylic acids is 1. The van der Waals surface area contributed by atoms with Gasteiger partial charge in [0.2, 0.25) is 0 Å². The van der Waals surface area contributed by atoms with E-state index in [0.29, 0.717) is 23.5 Å². The molecule has 2 aromatic carbocycles. The zero-order valence-electron chi connectivity index (χ0n) is 13.7. The first-order chi connectivity index (χ1) is 12.2. The highest BCUT2D eigenvalue weighted by atomic mass is 19.1. The van der Waals surface area contributed by atoms with Gasteiger partial charge in [-0.2, -0.15) is 0 Å². The second-order valence-corrected chi connectivity index (χ2v) is 5.36. The smallest absolute Gasteiger partial charge is 0.338 e. The van der Waals surface area contributed by atoms with E-state index in [4.69, 9.17) is 9.15 Å². The highest BCUT2D eigenvalue weighted by Crippen LogP contribution is 2.24. The number of rotatable bonds is 5. The van der Waals surface area contributed by atoms with E-state index >= 15 is 0 Å². The largest absolute Gasteiger partial charge is 0.462 e. The Balaban J connectivity index is 1.78. The number of allylic oxidation sites excluding steroid dienone is 2. The van der Waals surface area contributed by atoms with E-state index in [-0.39, 0.29) is 11.8 Å². The van der Waals surface area contributed by atoms with Gasteiger partial charge in [0.25, 0.3) is 0 Å². The predicted octanol–water partition coefficient (Wildman–Crippen LogP) is 5.48. The van der Waals surface area contributed by atoms with Gasteiger partial charge in [0.15, 0.2) is 0 Å². The topological polar surface area (TPSA) is 39.4 Å². The van der Waals surface area contributed by atoms with Crippen molar-refractivity contribution in [3.05, 3.63) is 83.4 Å². The molecule has 1 heterocycles. The van der Waals surface area contributed by atoms with Gasteiger partial charge in [0, 0.05) is 5.39 Å². The summed E-state index contributed by atoms with van der Waals surface area (Å²) in [6, 6.07) is 13.3. The molecule has 0 spiro atoms. The lowest BCUT2D eigenvalue weighted by Crippen LogP contribution is -2.04. The van der Waals surface area contributed by atoms with Crippen LogP contribution in [0.2, 0.25) is 0 Å². The van der Waals surface area contributed by atoms with Gasteiger partial charge in [-0.25, -0.2) is 9.18 Å². The fourth-order valence-electron chi connectivity index (χ4n) is 2.44. The maximum Gasteiger partial charge on any atom is 0.338 e. The predicted molar refractivity (Wildman–Crippen MR) is 96.6 cm³/mol. The van der Waals surface area contributed by atoms with Gasteiger partial charge in [-0.05, 0) is 48.9 Å². The molecule has 4 heteroatoms. The van der Waals surface area contributed by atoms with Crippen LogP contribution in [0.1, 0.15) is 28.6 Å². The van der Waals surface area contributed by atoms with E-state index in [1.807, 2.05) is 30.4 Å². The molecular formula is C21H17FO3. The van der Waals surface area contributed by atoms with Gasteiger partial charge in [-0.1, -0.05) is 36.4 Å². The standard InChI is InChI=1S/C21H17FO3/c1-2-24-21(23)18-8-5-9-20-19(18)14-17(25-20)7-4-3-6-15-10-12-16(22)13-11-15/h3-14H,2H2,1H3/b6-3+,7-4-. The van der Waals surface area contributed by atoms with E-state index < -0.39 is 0 Å². The zero-order chi connectivity index (χ0) is 17.6. The summed E-state index contributed by atoms with van der Waals surface area (Å²) in [5.74, 6) is 0.0171. The Bertz CT molecular complexity index is 933. The highest BCUT2D eigenvalue weighted by molar-refractivity contribution is 6.03. The van der Waals surface area contributed by atoms with Crippen LogP contribution in [0.5, 0.6) is 0 Å². The van der Waals surface area contributed by atoms with E-state index in [9.17, 15) is 9.18 Å². The number of hydrogen-bond acceptors (Lipinski definition) is 3. The number of ether oxygens (including phenoxy) is 1. The van der Waals surface area contributed by atoms with Crippen molar-refractivity contribution in [3.8, 4) is 0 Å². The van der Waals surface area contributed by atoms with Crippen LogP contribution in [-0.4, -0.2) is 12.6 Å². The minimum Gasteiger partial charge on any atom is -0.462 e. The summed E-state index contributed by atoms with van der Waals surface area (Å²) in [6.07, 6.45) is 7.33. The summed E-state index contributed by atoms with van der Waals surface area (Å²) in [6.45, 7) is 2.10. The van der Waals surface area contributed by atoms with Crippen LogP contribution in [-0.2, 0) is 4.74 Å². The van der Waals surface area contributed by atoms with Crippen molar-refractivity contribution >= 4 is 29.1 Å². The summed E-state index contributed by atoms with van der Waals surface area (Å²) < 4.78 is 23.6. The third-order valence-corrected chi connectivity index (χ3v) is 3.61. The maximum absolute atomic E-state index is 12.9. The molecule has 0 bridgehead atoms. The fourth-order valence-corrected chi connectivity index (χ4v) is 2.44. The number of furan rings is 1. The van der Waals surface area contributed by atoms with E-state index in [1.54, 1.807) is 37.3 Å². The van der Waals surface area contributed by atoms with Crippen LogP contribution in [0.25, 0.3) is 23.1 Å². The van der Waals surface area contributed by atoms with Crippen LogP contribution in [0.15, 0.2) is 65.1 Å². The van der Waals surface area contributed by atoms with Crippen LogP contribution in [0.4, 0.5) is 4.39 Å². The number of halogens is 1. The lowest BCUT2D eigenvalue weighted by Gasteiger charge is -2.01. The molecule has 0 saturated carbocycles. The molecule has 1 aromatic heterocycles. The van der Waals surface area contributed by atoms with Crippen molar-refractivity contribution in [3.63, 3.8) is 0 Å². The van der Waals surface area contributed by atoms with Crippen molar-refractivity contribution < 1.29 is 18.3 Å². The van der Waals surface area contributed by atoms with Crippen molar-refractivity contribution in [2.75, 3.05) is 6.61 Å². The molecule has 0 fully saturated rings. The number of benzene rings is 2. The van der Waals surface area contributed by atoms with Crippen LogP contribution >= 0.6 is 0 Å². The Morgan fingerprint density at radius 2 is 1.88 bits per heavy atom. The molecule has 3 nitrogen and oxygen atoms in total. The summed E-state index contributed by atoms with van der Waals surface area (Å²) >= 11 is 0. The van der Waals surface area contributed by atoms with Crippen LogP contribution in [0, 0.1) is 5.82 Å². The third kappa shape index (κ3) is 4.04. The average molecular weight is 336 g/mol. The second kappa shape index (κ2) is 7.62. The summed E-state index contributed by atoms with van der Waals surface area (Å²) in [4.78, 5) is 12.0. The number of esters is 1. The minimum absolute atomic E-state index is 0.257. The van der Waals surface area contributed by atoms with Gasteiger partial charge >= 0.3 is 5.97 Å². The normalized spacial score (nSPS) is 11.6. The van der Waals surface area contributed by atoms with E-state index in [2.05, 4.69) is 0 Å². The van der Waals surface area contributed by atoms with Crippen molar-refractivity contribution in [2.24, 2.45) is 0 Å². The monoisotopic (exact) mass is 336 g/mol. The molecular weight excluding hydrogens is 319 g/mol. The second-order valence-electron chi connectivity index (χ2n) is 5.36. The Kier molecular flexibility index (Phi) is 5.09. The highest BCUT2D eigenvalue weighted by Gasteiger charge is 2.13. The zero-order valence-corrected chi connectivity index (χ0v) is 13.7. The molecule has 0 aliphatic rings. The van der Waals surface area contributed by atoms with E-state index in [0.717, 1.165) is 10.9 Å². The molecule has 126 valence electrons. The Morgan fingerprint density at radius 1 is 1.12 bits per heavy atom. The Labute approximate surface area is 145 Å². The molecule has 0 aliphatic heterocycles. The first-order valence-electron chi connectivity index (χ1n) is 7.97. The first kappa shape index (κ1) is 16.7. The molecule has 0 amide bonds. The quantitative estimate of drug-likeness (QED) is 0.458. The number of hydrogen-bond donors (Lipinski definition) is 0. The Hall–Kier alpha value is -3.14. The molecule has 0 atom stereocenters. The maximum atomic E-state index is 12.9. The Morgan fingerprint density at radius 3 is 2.64 bits per heavy atom. The third-order valence-electron chi connectivity index (χ3n) is 3.61. The lowest BCUT2D eigenvalue weighted by atomic mass is 10.1. The molecule has 0 saturated heterocycles. The summed E-state index contributed by atoms with van der Waals surface area (Å²) in [5, 5.41) is 0.725. The molecule has 25 heavy (non-hydrogen) atoms. The fraction of sp³-hybridized carbons (Fsp3) is 0.0952. The molecule has 3 rings (SSSR count). The first-order valence-corrected chi connectivity index (χ1v) is 7.97. The molecule has 0 radical (unpaired) electrons.